The molecule has 84 valence electrons. The maximum Gasteiger partial charge on any atom is 0.278 e. The third-order valence-corrected chi connectivity index (χ3v) is 2.76. The Morgan fingerprint density at radius 1 is 1.47 bits per heavy atom. The largest absolute Gasteiger partial charge is 0.453 e. The van der Waals surface area contributed by atoms with Crippen molar-refractivity contribution in [2.45, 2.75) is 25.7 Å². The van der Waals surface area contributed by atoms with Crippen LogP contribution in [-0.2, 0) is 4.53 Å². The zero-order valence-electron chi connectivity index (χ0n) is 9.98. The molecule has 0 bridgehead atoms. The lowest BCUT2D eigenvalue weighted by Gasteiger charge is -2.19. The zero-order valence-corrected chi connectivity index (χ0v) is 11.0. The monoisotopic (exact) mass is 226 g/mol. The fraction of sp³-hybridized carbons (Fsp3) is 0.778. The fourth-order valence-electron chi connectivity index (χ4n) is 1.31. The first-order valence-electron chi connectivity index (χ1n) is 4.95. The van der Waals surface area contributed by atoms with Crippen LogP contribution in [0, 0.1) is 11.3 Å². The minimum atomic E-state index is -1.64. The molecule has 1 aliphatic rings. The number of nitrogens with zero attached hydrogens (tertiary/aromatic N) is 4. The molecular weight excluding hydrogens is 208 g/mol. The summed E-state index contributed by atoms with van der Waals surface area (Å²) in [5.74, 6) is 0.740. The molecule has 1 saturated heterocycles. The highest BCUT2D eigenvalue weighted by Gasteiger charge is 2.31. The van der Waals surface area contributed by atoms with Crippen LogP contribution >= 0.6 is 0 Å². The van der Waals surface area contributed by atoms with Crippen molar-refractivity contribution < 1.29 is 4.53 Å². The Kier molecular flexibility index (Phi) is 3.24. The van der Waals surface area contributed by atoms with Crippen LogP contribution in [0.4, 0.5) is 0 Å². The van der Waals surface area contributed by atoms with Gasteiger partial charge in [0.05, 0.1) is 12.6 Å². The van der Waals surface area contributed by atoms with E-state index >= 15 is 0 Å². The highest BCUT2D eigenvalue weighted by molar-refractivity contribution is 6.69. The normalized spacial score (nSPS) is 24.5. The van der Waals surface area contributed by atoms with Gasteiger partial charge in [0.2, 0.25) is 5.96 Å². The summed E-state index contributed by atoms with van der Waals surface area (Å²) in [6.45, 7) is 6.91. The summed E-state index contributed by atoms with van der Waals surface area (Å²) < 4.78 is 5.48. The van der Waals surface area contributed by atoms with Crippen molar-refractivity contribution in [2.24, 2.45) is 5.16 Å². The molecule has 1 heterocycles. The number of hydrogen-bond donors (Lipinski definition) is 0. The smallest absolute Gasteiger partial charge is 0.278 e. The Bertz CT molecular complexity index is 304. The number of rotatable bonds is 2. The van der Waals surface area contributed by atoms with Crippen LogP contribution in [0.1, 0.15) is 0 Å². The van der Waals surface area contributed by atoms with E-state index in [-0.39, 0.29) is 6.04 Å². The highest BCUT2D eigenvalue weighted by Crippen LogP contribution is 2.13. The van der Waals surface area contributed by atoms with Crippen LogP contribution in [0.25, 0.3) is 0 Å². The van der Waals surface area contributed by atoms with Gasteiger partial charge in [0.1, 0.15) is 6.04 Å². The summed E-state index contributed by atoms with van der Waals surface area (Å²) >= 11 is 0. The second-order valence-corrected chi connectivity index (χ2v) is 9.14. The first kappa shape index (κ1) is 11.8. The summed E-state index contributed by atoms with van der Waals surface area (Å²) in [5, 5.41) is 13.0. The minimum Gasteiger partial charge on any atom is -0.453 e. The van der Waals surface area contributed by atoms with Gasteiger partial charge in [0.15, 0.2) is 0 Å². The van der Waals surface area contributed by atoms with Gasteiger partial charge in [-0.1, -0.05) is 5.16 Å². The molecule has 0 saturated carbocycles. The molecule has 0 aromatic heterocycles. The number of guanidine groups is 1. The molecule has 1 unspecified atom stereocenters. The second kappa shape index (κ2) is 4.11. The van der Waals surface area contributed by atoms with Gasteiger partial charge in [-0.15, -0.1) is 0 Å². The van der Waals surface area contributed by atoms with Crippen LogP contribution in [0.3, 0.4) is 0 Å². The van der Waals surface area contributed by atoms with E-state index in [0.29, 0.717) is 6.54 Å². The van der Waals surface area contributed by atoms with Crippen molar-refractivity contribution in [3.63, 3.8) is 0 Å². The van der Waals surface area contributed by atoms with Crippen LogP contribution in [0.5, 0.6) is 0 Å². The molecule has 0 N–H and O–H groups in total. The van der Waals surface area contributed by atoms with E-state index in [2.05, 4.69) is 30.9 Å². The first-order chi connectivity index (χ1) is 6.85. The number of likely N-dealkylation sites (N-methyl/N-ethyl adjacent to an activating group) is 2. The third kappa shape index (κ3) is 2.86. The van der Waals surface area contributed by atoms with E-state index in [9.17, 15) is 0 Å². The Morgan fingerprint density at radius 2 is 2.07 bits per heavy atom. The van der Waals surface area contributed by atoms with Crippen LogP contribution in [0.15, 0.2) is 5.16 Å². The fourth-order valence-corrected chi connectivity index (χ4v) is 1.67. The van der Waals surface area contributed by atoms with Crippen LogP contribution in [-0.4, -0.2) is 50.8 Å². The molecule has 1 rings (SSSR count). The summed E-state index contributed by atoms with van der Waals surface area (Å²) in [6.07, 6.45) is 0. The van der Waals surface area contributed by atoms with E-state index in [1.807, 2.05) is 23.9 Å². The van der Waals surface area contributed by atoms with Gasteiger partial charge in [-0.2, -0.15) is 5.26 Å². The molecule has 1 atom stereocenters. The van der Waals surface area contributed by atoms with Crippen molar-refractivity contribution in [3.05, 3.63) is 0 Å². The van der Waals surface area contributed by atoms with Gasteiger partial charge >= 0.3 is 0 Å². The van der Waals surface area contributed by atoms with Gasteiger partial charge in [0, 0.05) is 14.1 Å². The molecule has 1 fully saturated rings. The maximum absolute atomic E-state index is 8.89. The maximum atomic E-state index is 8.89. The van der Waals surface area contributed by atoms with Gasteiger partial charge in [0.25, 0.3) is 8.32 Å². The molecule has 5 nitrogen and oxygen atoms in total. The van der Waals surface area contributed by atoms with Crippen molar-refractivity contribution in [3.8, 4) is 6.07 Å². The molecule has 0 spiro atoms. The summed E-state index contributed by atoms with van der Waals surface area (Å²) in [7, 11) is 2.14. The second-order valence-electron chi connectivity index (χ2n) is 4.73. The van der Waals surface area contributed by atoms with E-state index in [0.717, 1.165) is 5.96 Å². The number of nitriles is 1. The van der Waals surface area contributed by atoms with Gasteiger partial charge in [-0.05, 0) is 19.6 Å². The van der Waals surface area contributed by atoms with Crippen LogP contribution < -0.4 is 0 Å². The lowest BCUT2D eigenvalue weighted by Crippen LogP contribution is -2.33. The van der Waals surface area contributed by atoms with E-state index in [1.54, 1.807) is 0 Å². The van der Waals surface area contributed by atoms with Gasteiger partial charge in [-0.3, -0.25) is 0 Å². The van der Waals surface area contributed by atoms with Crippen molar-refractivity contribution in [1.29, 1.82) is 5.26 Å². The summed E-state index contributed by atoms with van der Waals surface area (Å²) in [6, 6.07) is 2.10. The Balaban J connectivity index is 2.74. The first-order valence-corrected chi connectivity index (χ1v) is 8.36. The van der Waals surface area contributed by atoms with Crippen molar-refractivity contribution >= 4 is 14.3 Å². The predicted octanol–water partition coefficient (Wildman–Crippen LogP) is 0.878. The van der Waals surface area contributed by atoms with Gasteiger partial charge in [-0.25, -0.2) is 0 Å². The lowest BCUT2D eigenvalue weighted by molar-refractivity contribution is 0.316. The average molecular weight is 226 g/mol. The minimum absolute atomic E-state index is 0.126. The molecule has 0 aliphatic carbocycles. The Hall–Kier alpha value is -1.22. The molecular formula is C9H18N4OSi. The third-order valence-electron chi connectivity index (χ3n) is 2.12. The molecule has 0 aromatic carbocycles. The zero-order chi connectivity index (χ0) is 11.6. The van der Waals surface area contributed by atoms with Gasteiger partial charge < -0.3 is 14.3 Å². The molecule has 0 amide bonds. The topological polar surface area (TPSA) is 51.9 Å². The molecule has 6 heteroatoms. The summed E-state index contributed by atoms with van der Waals surface area (Å²) in [4.78, 5) is 3.79. The Morgan fingerprint density at radius 3 is 2.47 bits per heavy atom. The lowest BCUT2D eigenvalue weighted by atomic mass is 10.3. The number of oxime groups is 1. The van der Waals surface area contributed by atoms with Crippen LogP contribution in [0.2, 0.25) is 19.6 Å². The highest BCUT2D eigenvalue weighted by atomic mass is 28.4. The van der Waals surface area contributed by atoms with Crippen molar-refractivity contribution in [1.82, 2.24) is 9.80 Å². The SMILES string of the molecule is CN1CC(C#N)N(C)C1=NO[Si](C)(C)C. The van der Waals surface area contributed by atoms with E-state index in [1.165, 1.54) is 0 Å². The molecule has 0 radical (unpaired) electrons. The molecule has 15 heavy (non-hydrogen) atoms. The predicted molar refractivity (Wildman–Crippen MR) is 61.7 cm³/mol. The standard InChI is InChI=1S/C9H18N4OSi/c1-12-7-8(6-10)13(2)9(12)11-14-15(3,4)5/h8H,7H2,1-5H3. The van der Waals surface area contributed by atoms with Crippen molar-refractivity contribution in [2.75, 3.05) is 20.6 Å². The van der Waals surface area contributed by atoms with E-state index in [4.69, 9.17) is 9.79 Å². The molecule has 1 aliphatic heterocycles. The average Bonchev–Trinajstić information content (AvgIpc) is 2.37. The summed E-state index contributed by atoms with van der Waals surface area (Å²) in [5.41, 5.74) is 0. The van der Waals surface area contributed by atoms with E-state index < -0.39 is 8.32 Å². The molecule has 0 aromatic rings. The quantitative estimate of drug-likeness (QED) is 0.518. The Labute approximate surface area is 92.0 Å². The number of hydrogen-bond acceptors (Lipinski definition) is 3.